The minimum atomic E-state index is 0.562. The van der Waals surface area contributed by atoms with Crippen molar-refractivity contribution >= 4 is 0 Å². The van der Waals surface area contributed by atoms with Crippen molar-refractivity contribution in [2.75, 3.05) is 26.7 Å². The summed E-state index contributed by atoms with van der Waals surface area (Å²) in [5.74, 6) is 0. The number of hydrogen-bond acceptors (Lipinski definition) is 3. The number of aromatic nitrogens is 2. The third kappa shape index (κ3) is 1.96. The molecule has 1 unspecified atom stereocenters. The van der Waals surface area contributed by atoms with Gasteiger partial charge in [-0.1, -0.05) is 0 Å². The molecule has 2 heterocycles. The SMILES string of the molecule is CN1CCC(n2cc(CCN)cn2)C1. The van der Waals surface area contributed by atoms with E-state index < -0.39 is 0 Å². The van der Waals surface area contributed by atoms with Crippen LogP contribution in [0.15, 0.2) is 12.4 Å². The zero-order valence-corrected chi connectivity index (χ0v) is 8.69. The van der Waals surface area contributed by atoms with E-state index in [9.17, 15) is 0 Å². The number of rotatable bonds is 3. The fourth-order valence-corrected chi connectivity index (χ4v) is 2.00. The lowest BCUT2D eigenvalue weighted by Crippen LogP contribution is -2.16. The highest BCUT2D eigenvalue weighted by molar-refractivity contribution is 5.05. The van der Waals surface area contributed by atoms with Gasteiger partial charge in [0.2, 0.25) is 0 Å². The average Bonchev–Trinajstić information content (AvgIpc) is 2.74. The first-order valence-corrected chi connectivity index (χ1v) is 5.21. The molecule has 2 rings (SSSR count). The zero-order valence-electron chi connectivity index (χ0n) is 8.69. The number of hydrogen-bond donors (Lipinski definition) is 1. The molecule has 4 heteroatoms. The molecule has 0 spiro atoms. The van der Waals surface area contributed by atoms with Gasteiger partial charge in [-0.15, -0.1) is 0 Å². The molecular formula is C10H18N4. The van der Waals surface area contributed by atoms with E-state index in [1.54, 1.807) is 0 Å². The van der Waals surface area contributed by atoms with Crippen molar-refractivity contribution in [3.63, 3.8) is 0 Å². The summed E-state index contributed by atoms with van der Waals surface area (Å²) >= 11 is 0. The third-order valence-corrected chi connectivity index (χ3v) is 2.83. The largest absolute Gasteiger partial charge is 0.330 e. The van der Waals surface area contributed by atoms with E-state index in [0.29, 0.717) is 12.6 Å². The first kappa shape index (κ1) is 9.68. The molecule has 0 aromatic carbocycles. The Balaban J connectivity index is 2.02. The van der Waals surface area contributed by atoms with E-state index in [1.165, 1.54) is 18.5 Å². The number of nitrogens with two attached hydrogens (primary N) is 1. The standard InChI is InChI=1S/C10H18N4/c1-13-5-3-10(8-13)14-7-9(2-4-11)6-12-14/h6-7,10H,2-5,8,11H2,1H3. The van der Waals surface area contributed by atoms with Crippen molar-refractivity contribution in [1.29, 1.82) is 0 Å². The van der Waals surface area contributed by atoms with Crippen LogP contribution in [-0.2, 0) is 6.42 Å². The second-order valence-electron chi connectivity index (χ2n) is 4.07. The summed E-state index contributed by atoms with van der Waals surface area (Å²) in [6.45, 7) is 3.00. The number of likely N-dealkylation sites (N-methyl/N-ethyl adjacent to an activating group) is 1. The first-order chi connectivity index (χ1) is 6.79. The average molecular weight is 194 g/mol. The molecule has 0 saturated carbocycles. The predicted molar refractivity (Wildman–Crippen MR) is 56.1 cm³/mol. The zero-order chi connectivity index (χ0) is 9.97. The fraction of sp³-hybridized carbons (Fsp3) is 0.700. The molecule has 0 radical (unpaired) electrons. The normalized spacial score (nSPS) is 23.1. The van der Waals surface area contributed by atoms with Crippen LogP contribution in [0.5, 0.6) is 0 Å². The number of nitrogens with zero attached hydrogens (tertiary/aromatic N) is 3. The lowest BCUT2D eigenvalue weighted by atomic mass is 10.2. The Labute approximate surface area is 84.7 Å². The molecule has 2 N–H and O–H groups in total. The molecular weight excluding hydrogens is 176 g/mol. The van der Waals surface area contributed by atoms with Gasteiger partial charge in [0, 0.05) is 12.7 Å². The minimum absolute atomic E-state index is 0.562. The minimum Gasteiger partial charge on any atom is -0.330 e. The summed E-state index contributed by atoms with van der Waals surface area (Å²) in [6, 6.07) is 0.562. The van der Waals surface area contributed by atoms with E-state index in [0.717, 1.165) is 13.0 Å². The molecule has 0 bridgehead atoms. The highest BCUT2D eigenvalue weighted by Gasteiger charge is 2.21. The van der Waals surface area contributed by atoms with Crippen LogP contribution in [-0.4, -0.2) is 41.4 Å². The summed E-state index contributed by atoms with van der Waals surface area (Å²) in [5, 5.41) is 4.39. The lowest BCUT2D eigenvalue weighted by Gasteiger charge is -2.10. The van der Waals surface area contributed by atoms with Crippen LogP contribution in [0.4, 0.5) is 0 Å². The fourth-order valence-electron chi connectivity index (χ4n) is 2.00. The van der Waals surface area contributed by atoms with E-state index in [4.69, 9.17) is 5.73 Å². The van der Waals surface area contributed by atoms with Gasteiger partial charge in [-0.25, -0.2) is 0 Å². The Kier molecular flexibility index (Phi) is 2.84. The molecule has 1 atom stereocenters. The highest BCUT2D eigenvalue weighted by atomic mass is 15.3. The van der Waals surface area contributed by atoms with Gasteiger partial charge in [-0.05, 0) is 38.5 Å². The van der Waals surface area contributed by atoms with E-state index in [2.05, 4.69) is 27.9 Å². The summed E-state index contributed by atoms with van der Waals surface area (Å²) in [5.41, 5.74) is 6.75. The van der Waals surface area contributed by atoms with Gasteiger partial charge in [0.1, 0.15) is 0 Å². The molecule has 14 heavy (non-hydrogen) atoms. The van der Waals surface area contributed by atoms with Gasteiger partial charge in [0.15, 0.2) is 0 Å². The Morgan fingerprint density at radius 1 is 1.64 bits per heavy atom. The van der Waals surface area contributed by atoms with Gasteiger partial charge in [-0.2, -0.15) is 5.10 Å². The van der Waals surface area contributed by atoms with Crippen molar-refractivity contribution in [2.24, 2.45) is 5.73 Å². The molecule has 0 aliphatic carbocycles. The topological polar surface area (TPSA) is 47.1 Å². The van der Waals surface area contributed by atoms with Crippen molar-refractivity contribution in [2.45, 2.75) is 18.9 Å². The Morgan fingerprint density at radius 2 is 2.50 bits per heavy atom. The van der Waals surface area contributed by atoms with Crippen LogP contribution < -0.4 is 5.73 Å². The monoisotopic (exact) mass is 194 g/mol. The van der Waals surface area contributed by atoms with Gasteiger partial charge in [0.25, 0.3) is 0 Å². The van der Waals surface area contributed by atoms with Crippen LogP contribution in [0.25, 0.3) is 0 Å². The van der Waals surface area contributed by atoms with Gasteiger partial charge in [0.05, 0.1) is 12.2 Å². The maximum absolute atomic E-state index is 5.50. The van der Waals surface area contributed by atoms with Gasteiger partial charge in [-0.3, -0.25) is 4.68 Å². The van der Waals surface area contributed by atoms with Gasteiger partial charge >= 0.3 is 0 Å². The predicted octanol–water partition coefficient (Wildman–Crippen LogP) is 0.261. The number of likely N-dealkylation sites (tertiary alicyclic amines) is 1. The lowest BCUT2D eigenvalue weighted by molar-refractivity contribution is 0.382. The van der Waals surface area contributed by atoms with Crippen molar-refractivity contribution in [3.05, 3.63) is 18.0 Å². The van der Waals surface area contributed by atoms with Crippen molar-refractivity contribution in [3.8, 4) is 0 Å². The van der Waals surface area contributed by atoms with Crippen LogP contribution in [0.2, 0.25) is 0 Å². The smallest absolute Gasteiger partial charge is 0.0658 e. The third-order valence-electron chi connectivity index (χ3n) is 2.83. The van der Waals surface area contributed by atoms with Crippen LogP contribution >= 0.6 is 0 Å². The molecule has 4 nitrogen and oxygen atoms in total. The van der Waals surface area contributed by atoms with Crippen LogP contribution in [0, 0.1) is 0 Å². The second-order valence-corrected chi connectivity index (χ2v) is 4.07. The Morgan fingerprint density at radius 3 is 3.14 bits per heavy atom. The highest BCUT2D eigenvalue weighted by Crippen LogP contribution is 2.19. The van der Waals surface area contributed by atoms with Gasteiger partial charge < -0.3 is 10.6 Å². The molecule has 1 aromatic rings. The van der Waals surface area contributed by atoms with Crippen LogP contribution in [0.1, 0.15) is 18.0 Å². The molecule has 1 saturated heterocycles. The maximum Gasteiger partial charge on any atom is 0.0658 e. The molecule has 1 aliphatic rings. The molecule has 1 aromatic heterocycles. The second kappa shape index (κ2) is 4.11. The van der Waals surface area contributed by atoms with E-state index in [-0.39, 0.29) is 0 Å². The van der Waals surface area contributed by atoms with Crippen molar-refractivity contribution < 1.29 is 0 Å². The molecule has 1 fully saturated rings. The summed E-state index contributed by atoms with van der Waals surface area (Å²) in [6.07, 6.45) is 6.21. The van der Waals surface area contributed by atoms with Crippen molar-refractivity contribution in [1.82, 2.24) is 14.7 Å². The van der Waals surface area contributed by atoms with E-state index in [1.807, 2.05) is 6.20 Å². The summed E-state index contributed by atoms with van der Waals surface area (Å²) in [7, 11) is 2.16. The Bertz CT molecular complexity index is 294. The molecule has 1 aliphatic heterocycles. The summed E-state index contributed by atoms with van der Waals surface area (Å²) in [4.78, 5) is 2.34. The van der Waals surface area contributed by atoms with Crippen LogP contribution in [0.3, 0.4) is 0 Å². The quantitative estimate of drug-likeness (QED) is 0.751. The summed E-state index contributed by atoms with van der Waals surface area (Å²) < 4.78 is 2.09. The molecule has 78 valence electrons. The Hall–Kier alpha value is -0.870. The first-order valence-electron chi connectivity index (χ1n) is 5.21. The van der Waals surface area contributed by atoms with E-state index >= 15 is 0 Å². The molecule has 0 amide bonds. The maximum atomic E-state index is 5.50.